The monoisotopic (exact) mass is 242 g/mol. The predicted molar refractivity (Wildman–Crippen MR) is 52.4 cm³/mol. The number of carbonyl (C=O) groups excluding carboxylic acids is 1. The minimum atomic E-state index is 0.515. The number of halogens is 1. The molecule has 1 amide bonds. The number of hydrazine groups is 1. The van der Waals surface area contributed by atoms with E-state index in [-0.39, 0.29) is 0 Å². The number of hydrogen-bond acceptors (Lipinski definition) is 3. The van der Waals surface area contributed by atoms with Crippen molar-refractivity contribution in [3.8, 4) is 0 Å². The summed E-state index contributed by atoms with van der Waals surface area (Å²) in [6.45, 7) is 0. The molecule has 0 bridgehead atoms. The first-order valence-electron chi connectivity index (χ1n) is 3.42. The summed E-state index contributed by atoms with van der Waals surface area (Å²) in [5.74, 6) is 0.559. The summed E-state index contributed by atoms with van der Waals surface area (Å²) in [6.07, 6.45) is 3.49. The lowest BCUT2D eigenvalue weighted by molar-refractivity contribution is -0.110. The summed E-state index contributed by atoms with van der Waals surface area (Å²) in [5, 5.41) is 0. The van der Waals surface area contributed by atoms with Crippen LogP contribution in [0, 0.1) is 0 Å². The minimum Gasteiger partial charge on any atom is -0.288 e. The number of pyridine rings is 1. The van der Waals surface area contributed by atoms with Gasteiger partial charge >= 0.3 is 0 Å². The number of carbonyl (C=O) groups is 1. The Kier molecular flexibility index (Phi) is 3.90. The maximum Gasteiger partial charge on any atom is 0.225 e. The van der Waals surface area contributed by atoms with Crippen LogP contribution in [0.15, 0.2) is 27.8 Å². The molecule has 1 aromatic heterocycles. The number of nitrogens with zero attached hydrogens (tertiary/aromatic N) is 2. The second-order valence-corrected chi connectivity index (χ2v) is 2.92. The lowest BCUT2D eigenvalue weighted by atomic mass is 10.5. The molecule has 0 radical (unpaired) electrons. The van der Waals surface area contributed by atoms with Gasteiger partial charge in [0.25, 0.3) is 0 Å². The van der Waals surface area contributed by atoms with Gasteiger partial charge in [-0.1, -0.05) is 0 Å². The summed E-state index contributed by atoms with van der Waals surface area (Å²) in [4.78, 5) is 17.7. The SMILES string of the molecule is O=CNNC=Nc1ccc(Br)cn1. The van der Waals surface area contributed by atoms with E-state index in [0.29, 0.717) is 12.2 Å². The Bertz CT molecular complexity index is 298. The maximum atomic E-state index is 9.80. The van der Waals surface area contributed by atoms with Crippen LogP contribution >= 0.6 is 15.9 Å². The molecule has 5 nitrogen and oxygen atoms in total. The molecule has 6 heteroatoms. The molecule has 0 spiro atoms. The van der Waals surface area contributed by atoms with E-state index in [1.165, 1.54) is 6.34 Å². The Morgan fingerprint density at radius 1 is 1.46 bits per heavy atom. The van der Waals surface area contributed by atoms with Crippen molar-refractivity contribution in [3.63, 3.8) is 0 Å². The van der Waals surface area contributed by atoms with E-state index < -0.39 is 0 Å². The van der Waals surface area contributed by atoms with Gasteiger partial charge in [-0.15, -0.1) is 0 Å². The molecule has 0 aliphatic heterocycles. The molecule has 0 saturated heterocycles. The Hall–Kier alpha value is -1.43. The van der Waals surface area contributed by atoms with Gasteiger partial charge in [0.15, 0.2) is 5.82 Å². The van der Waals surface area contributed by atoms with E-state index in [9.17, 15) is 4.79 Å². The molecule has 0 saturated carbocycles. The highest BCUT2D eigenvalue weighted by Gasteiger charge is 1.88. The van der Waals surface area contributed by atoms with E-state index in [4.69, 9.17) is 0 Å². The van der Waals surface area contributed by atoms with Crippen molar-refractivity contribution in [1.82, 2.24) is 15.8 Å². The number of aromatic nitrogens is 1. The fourth-order valence-corrected chi connectivity index (χ4v) is 0.849. The van der Waals surface area contributed by atoms with Crippen molar-refractivity contribution < 1.29 is 4.79 Å². The van der Waals surface area contributed by atoms with Crippen LogP contribution in [0.1, 0.15) is 0 Å². The highest BCUT2D eigenvalue weighted by Crippen LogP contribution is 2.11. The smallest absolute Gasteiger partial charge is 0.225 e. The van der Waals surface area contributed by atoms with Crippen LogP contribution in [-0.2, 0) is 4.79 Å². The van der Waals surface area contributed by atoms with Gasteiger partial charge in [0, 0.05) is 10.7 Å². The van der Waals surface area contributed by atoms with Crippen LogP contribution in [-0.4, -0.2) is 17.7 Å². The number of nitrogens with one attached hydrogen (secondary N) is 2. The number of hydrogen-bond donors (Lipinski definition) is 2. The third-order valence-corrected chi connectivity index (χ3v) is 1.58. The molecule has 0 aliphatic rings. The number of rotatable bonds is 4. The summed E-state index contributed by atoms with van der Waals surface area (Å²) in [7, 11) is 0. The zero-order valence-electron chi connectivity index (χ0n) is 6.57. The second-order valence-electron chi connectivity index (χ2n) is 2.00. The third kappa shape index (κ3) is 3.66. The summed E-state index contributed by atoms with van der Waals surface area (Å²) in [5.41, 5.74) is 4.65. The standard InChI is InChI=1S/C7H7BrN4O/c8-6-1-2-7(9-3-6)10-4-11-12-5-13/h1-5H,(H,12,13)(H,9,10,11). The lowest BCUT2D eigenvalue weighted by Gasteiger charge is -1.94. The first-order chi connectivity index (χ1) is 6.33. The van der Waals surface area contributed by atoms with Crippen molar-refractivity contribution in [3.05, 3.63) is 22.8 Å². The first-order valence-corrected chi connectivity index (χ1v) is 4.21. The molecular formula is C7H7BrN4O. The lowest BCUT2D eigenvalue weighted by Crippen LogP contribution is -2.28. The Labute approximate surface area is 83.4 Å². The molecule has 68 valence electrons. The van der Waals surface area contributed by atoms with Gasteiger partial charge < -0.3 is 0 Å². The van der Waals surface area contributed by atoms with Crippen molar-refractivity contribution in [2.24, 2.45) is 4.99 Å². The maximum absolute atomic E-state index is 9.80. The molecule has 1 heterocycles. The van der Waals surface area contributed by atoms with Crippen molar-refractivity contribution in [2.45, 2.75) is 0 Å². The van der Waals surface area contributed by atoms with Gasteiger partial charge in [-0.2, -0.15) is 0 Å². The predicted octanol–water partition coefficient (Wildman–Crippen LogP) is 0.754. The van der Waals surface area contributed by atoms with Gasteiger partial charge in [-0.25, -0.2) is 9.98 Å². The van der Waals surface area contributed by atoms with E-state index in [2.05, 4.69) is 36.8 Å². The molecule has 0 atom stereocenters. The molecule has 0 fully saturated rings. The van der Waals surface area contributed by atoms with Gasteiger partial charge in [0.1, 0.15) is 6.34 Å². The van der Waals surface area contributed by atoms with E-state index in [0.717, 1.165) is 4.47 Å². The Morgan fingerprint density at radius 2 is 2.31 bits per heavy atom. The second kappa shape index (κ2) is 5.26. The molecule has 13 heavy (non-hydrogen) atoms. The molecule has 0 aromatic carbocycles. The summed E-state index contributed by atoms with van der Waals surface area (Å²) in [6, 6.07) is 3.57. The molecule has 1 aromatic rings. The molecule has 1 rings (SSSR count). The molecular weight excluding hydrogens is 236 g/mol. The van der Waals surface area contributed by atoms with Gasteiger partial charge in [0.05, 0.1) is 0 Å². The number of aliphatic imine (C=N–C) groups is 1. The van der Waals surface area contributed by atoms with Gasteiger partial charge in [-0.05, 0) is 28.1 Å². The quantitative estimate of drug-likeness (QED) is 0.269. The average Bonchev–Trinajstić information content (AvgIpc) is 2.15. The highest BCUT2D eigenvalue weighted by atomic mass is 79.9. The van der Waals surface area contributed by atoms with Crippen LogP contribution in [0.3, 0.4) is 0 Å². The normalized spacial score (nSPS) is 9.92. The average molecular weight is 243 g/mol. The highest BCUT2D eigenvalue weighted by molar-refractivity contribution is 9.10. The van der Waals surface area contributed by atoms with Crippen molar-refractivity contribution >= 4 is 34.5 Å². The van der Waals surface area contributed by atoms with Crippen LogP contribution in [0.25, 0.3) is 0 Å². The summed E-state index contributed by atoms with van der Waals surface area (Å²) < 4.78 is 0.894. The van der Waals surface area contributed by atoms with E-state index in [1.807, 2.05) is 6.07 Å². The fourth-order valence-electron chi connectivity index (χ4n) is 0.614. The van der Waals surface area contributed by atoms with Crippen LogP contribution in [0.4, 0.5) is 5.82 Å². The zero-order chi connectivity index (χ0) is 9.52. The van der Waals surface area contributed by atoms with Crippen LogP contribution in [0.2, 0.25) is 0 Å². The first kappa shape index (κ1) is 9.66. The Morgan fingerprint density at radius 3 is 2.92 bits per heavy atom. The van der Waals surface area contributed by atoms with Crippen molar-refractivity contribution in [1.29, 1.82) is 0 Å². The number of amides is 1. The van der Waals surface area contributed by atoms with Crippen LogP contribution in [0.5, 0.6) is 0 Å². The van der Waals surface area contributed by atoms with E-state index in [1.54, 1.807) is 12.3 Å². The zero-order valence-corrected chi connectivity index (χ0v) is 8.15. The minimum absolute atomic E-state index is 0.515. The fraction of sp³-hybridized carbons (Fsp3) is 0. The largest absolute Gasteiger partial charge is 0.288 e. The molecule has 0 unspecified atom stereocenters. The van der Waals surface area contributed by atoms with Gasteiger partial charge in [0.2, 0.25) is 6.41 Å². The van der Waals surface area contributed by atoms with E-state index >= 15 is 0 Å². The molecule has 0 aliphatic carbocycles. The van der Waals surface area contributed by atoms with Crippen molar-refractivity contribution in [2.75, 3.05) is 0 Å². The molecule has 2 N–H and O–H groups in total. The topological polar surface area (TPSA) is 66.4 Å². The van der Waals surface area contributed by atoms with Crippen LogP contribution < -0.4 is 10.9 Å². The van der Waals surface area contributed by atoms with Gasteiger partial charge in [-0.3, -0.25) is 15.6 Å². The third-order valence-electron chi connectivity index (χ3n) is 1.12. The summed E-state index contributed by atoms with van der Waals surface area (Å²) >= 11 is 3.25. The Balaban J connectivity index is 2.49.